The monoisotopic (exact) mass is 317 g/mol. The van der Waals surface area contributed by atoms with Gasteiger partial charge in [-0.25, -0.2) is 4.39 Å². The highest BCUT2D eigenvalue weighted by Crippen LogP contribution is 2.36. The molecule has 0 aliphatic carbocycles. The Morgan fingerprint density at radius 1 is 1.30 bits per heavy atom. The van der Waals surface area contributed by atoms with Crippen LogP contribution in [0.5, 0.6) is 0 Å². The van der Waals surface area contributed by atoms with Crippen molar-refractivity contribution in [3.63, 3.8) is 0 Å². The van der Waals surface area contributed by atoms with Gasteiger partial charge >= 0.3 is 0 Å². The summed E-state index contributed by atoms with van der Waals surface area (Å²) >= 11 is 7.26. The molecule has 0 aliphatic heterocycles. The number of hydrogen-bond donors (Lipinski definition) is 2. The zero-order chi connectivity index (χ0) is 14.7. The van der Waals surface area contributed by atoms with E-state index in [1.54, 1.807) is 0 Å². The van der Waals surface area contributed by atoms with Crippen molar-refractivity contribution in [1.82, 2.24) is 4.90 Å². The molecule has 0 unspecified atom stereocenters. The van der Waals surface area contributed by atoms with Crippen molar-refractivity contribution in [2.75, 3.05) is 26.3 Å². The van der Waals surface area contributed by atoms with Gasteiger partial charge in [0.15, 0.2) is 0 Å². The van der Waals surface area contributed by atoms with E-state index in [0.29, 0.717) is 10.1 Å². The number of fused-ring (bicyclic) bond motifs is 1. The van der Waals surface area contributed by atoms with Crippen LogP contribution in [-0.2, 0) is 0 Å². The van der Waals surface area contributed by atoms with Gasteiger partial charge in [-0.15, -0.1) is 11.3 Å². The number of rotatable bonds is 5. The first-order chi connectivity index (χ1) is 9.58. The molecule has 1 amide bonds. The molecule has 0 fully saturated rings. The van der Waals surface area contributed by atoms with E-state index in [2.05, 4.69) is 0 Å². The Bertz CT molecular complexity index is 625. The Morgan fingerprint density at radius 2 is 1.95 bits per heavy atom. The smallest absolute Gasteiger partial charge is 0.265 e. The lowest BCUT2D eigenvalue weighted by Crippen LogP contribution is -2.35. The first kappa shape index (κ1) is 15.2. The predicted octanol–water partition coefficient (Wildman–Crippen LogP) is 2.12. The van der Waals surface area contributed by atoms with Crippen LogP contribution in [0.15, 0.2) is 18.2 Å². The average molecular weight is 318 g/mol. The molecule has 0 aliphatic rings. The van der Waals surface area contributed by atoms with Gasteiger partial charge in [0.1, 0.15) is 10.7 Å². The Morgan fingerprint density at radius 3 is 2.55 bits per heavy atom. The fraction of sp³-hybridized carbons (Fsp3) is 0.308. The Balaban J connectivity index is 2.40. The minimum atomic E-state index is -0.392. The first-order valence-electron chi connectivity index (χ1n) is 5.97. The Kier molecular flexibility index (Phi) is 4.93. The van der Waals surface area contributed by atoms with Crippen molar-refractivity contribution in [3.05, 3.63) is 33.9 Å². The number of aliphatic hydroxyl groups is 2. The molecule has 0 saturated carbocycles. The third-order valence-corrected chi connectivity index (χ3v) is 4.46. The first-order valence-corrected chi connectivity index (χ1v) is 7.16. The van der Waals surface area contributed by atoms with Crippen LogP contribution in [-0.4, -0.2) is 47.3 Å². The number of thiophene rings is 1. The number of halogens is 2. The van der Waals surface area contributed by atoms with E-state index in [4.69, 9.17) is 21.8 Å². The number of hydrogen-bond acceptors (Lipinski definition) is 4. The third-order valence-electron chi connectivity index (χ3n) is 2.81. The van der Waals surface area contributed by atoms with Crippen molar-refractivity contribution < 1.29 is 19.4 Å². The maximum atomic E-state index is 13.2. The molecule has 0 atom stereocenters. The summed E-state index contributed by atoms with van der Waals surface area (Å²) in [7, 11) is 0. The lowest BCUT2D eigenvalue weighted by atomic mass is 10.2. The predicted molar refractivity (Wildman–Crippen MR) is 76.9 cm³/mol. The van der Waals surface area contributed by atoms with Crippen LogP contribution < -0.4 is 0 Å². The van der Waals surface area contributed by atoms with Gasteiger partial charge < -0.3 is 15.1 Å². The summed E-state index contributed by atoms with van der Waals surface area (Å²) in [5.41, 5.74) is 0. The highest BCUT2D eigenvalue weighted by Gasteiger charge is 2.22. The highest BCUT2D eigenvalue weighted by atomic mass is 35.5. The summed E-state index contributed by atoms with van der Waals surface area (Å²) in [5, 5.41) is 18.8. The Hall–Kier alpha value is -1.21. The van der Waals surface area contributed by atoms with E-state index in [0.717, 1.165) is 11.3 Å². The number of nitrogens with zero attached hydrogens (tertiary/aromatic N) is 1. The van der Waals surface area contributed by atoms with Crippen LogP contribution in [0.25, 0.3) is 10.1 Å². The second kappa shape index (κ2) is 6.49. The number of carbonyl (C=O) groups is 1. The molecule has 108 valence electrons. The van der Waals surface area contributed by atoms with Gasteiger partial charge in [-0.2, -0.15) is 0 Å². The molecule has 2 aromatic rings. The molecule has 0 spiro atoms. The van der Waals surface area contributed by atoms with E-state index in [1.807, 2.05) is 0 Å². The van der Waals surface area contributed by atoms with E-state index in [-0.39, 0.29) is 42.1 Å². The lowest BCUT2D eigenvalue weighted by molar-refractivity contribution is 0.0690. The molecule has 0 radical (unpaired) electrons. The van der Waals surface area contributed by atoms with Crippen LogP contribution in [0.3, 0.4) is 0 Å². The van der Waals surface area contributed by atoms with Gasteiger partial charge in [0, 0.05) is 23.2 Å². The number of amides is 1. The number of benzene rings is 1. The van der Waals surface area contributed by atoms with Crippen molar-refractivity contribution in [2.45, 2.75) is 0 Å². The largest absolute Gasteiger partial charge is 0.395 e. The fourth-order valence-corrected chi connectivity index (χ4v) is 3.38. The molecule has 2 N–H and O–H groups in total. The van der Waals surface area contributed by atoms with Crippen LogP contribution in [0.4, 0.5) is 4.39 Å². The third kappa shape index (κ3) is 2.93. The van der Waals surface area contributed by atoms with Crippen LogP contribution in [0.1, 0.15) is 9.67 Å². The molecule has 1 heterocycles. The molecule has 1 aromatic carbocycles. The van der Waals surface area contributed by atoms with Crippen LogP contribution in [0, 0.1) is 5.82 Å². The summed E-state index contributed by atoms with van der Waals surface area (Å²) in [6, 6.07) is 4.14. The molecule has 7 heteroatoms. The quantitative estimate of drug-likeness (QED) is 0.888. The van der Waals surface area contributed by atoms with Crippen LogP contribution >= 0.6 is 22.9 Å². The molecule has 4 nitrogen and oxygen atoms in total. The number of aliphatic hydroxyl groups excluding tert-OH is 2. The molecule has 1 aromatic heterocycles. The zero-order valence-corrected chi connectivity index (χ0v) is 12.0. The van der Waals surface area contributed by atoms with Crippen molar-refractivity contribution in [3.8, 4) is 0 Å². The van der Waals surface area contributed by atoms with Gasteiger partial charge in [0.25, 0.3) is 5.91 Å². The molecule has 0 bridgehead atoms. The van der Waals surface area contributed by atoms with Gasteiger partial charge in [-0.3, -0.25) is 4.79 Å². The fourth-order valence-electron chi connectivity index (χ4n) is 1.88. The van der Waals surface area contributed by atoms with Gasteiger partial charge in [-0.05, 0) is 18.2 Å². The Labute approximate surface area is 124 Å². The molecular weight excluding hydrogens is 305 g/mol. The maximum Gasteiger partial charge on any atom is 0.265 e. The second-order valence-electron chi connectivity index (χ2n) is 4.13. The lowest BCUT2D eigenvalue weighted by Gasteiger charge is -2.19. The minimum Gasteiger partial charge on any atom is -0.395 e. The van der Waals surface area contributed by atoms with Gasteiger partial charge in [0.2, 0.25) is 0 Å². The standard InChI is InChI=1S/C13H13ClFNO3S/c14-11-9-2-1-8(15)7-10(9)20-12(11)13(19)16(3-5-17)4-6-18/h1-2,7,17-18H,3-6H2. The van der Waals surface area contributed by atoms with E-state index in [1.165, 1.54) is 23.1 Å². The molecular formula is C13H13ClFNO3S. The minimum absolute atomic E-state index is 0.109. The maximum absolute atomic E-state index is 13.2. The van der Waals surface area contributed by atoms with Crippen molar-refractivity contribution in [2.24, 2.45) is 0 Å². The summed E-state index contributed by atoms with van der Waals surface area (Å²) < 4.78 is 13.8. The van der Waals surface area contributed by atoms with Crippen molar-refractivity contribution >= 4 is 38.9 Å². The second-order valence-corrected chi connectivity index (χ2v) is 5.56. The summed E-state index contributed by atoms with van der Waals surface area (Å²) in [6.45, 7) is -0.192. The average Bonchev–Trinajstić information content (AvgIpc) is 2.74. The van der Waals surface area contributed by atoms with Crippen molar-refractivity contribution in [1.29, 1.82) is 0 Å². The van der Waals surface area contributed by atoms with Gasteiger partial charge in [-0.1, -0.05) is 11.6 Å². The summed E-state index contributed by atoms with van der Waals surface area (Å²) in [4.78, 5) is 13.9. The van der Waals surface area contributed by atoms with E-state index >= 15 is 0 Å². The van der Waals surface area contributed by atoms with E-state index in [9.17, 15) is 9.18 Å². The number of carbonyl (C=O) groups excluding carboxylic acids is 1. The SMILES string of the molecule is O=C(c1sc2cc(F)ccc2c1Cl)N(CCO)CCO. The summed E-state index contributed by atoms with van der Waals surface area (Å²) in [6.07, 6.45) is 0. The zero-order valence-electron chi connectivity index (χ0n) is 10.5. The topological polar surface area (TPSA) is 60.8 Å². The summed E-state index contributed by atoms with van der Waals surface area (Å²) in [5.74, 6) is -0.767. The molecule has 2 rings (SSSR count). The molecule has 0 saturated heterocycles. The normalized spacial score (nSPS) is 11.0. The molecule has 20 heavy (non-hydrogen) atoms. The van der Waals surface area contributed by atoms with Gasteiger partial charge in [0.05, 0.1) is 18.2 Å². The highest BCUT2D eigenvalue weighted by molar-refractivity contribution is 7.21. The van der Waals surface area contributed by atoms with E-state index < -0.39 is 5.82 Å². The van der Waals surface area contributed by atoms with Crippen LogP contribution in [0.2, 0.25) is 5.02 Å².